The first kappa shape index (κ1) is 19.3. The number of halogens is 3. The van der Waals surface area contributed by atoms with Crippen molar-refractivity contribution in [2.45, 2.75) is 42.9 Å². The molecule has 0 aromatic heterocycles. The van der Waals surface area contributed by atoms with Crippen LogP contribution in [0.5, 0.6) is 5.75 Å². The molecule has 0 radical (unpaired) electrons. The van der Waals surface area contributed by atoms with Crippen molar-refractivity contribution < 1.29 is 26.3 Å². The minimum atomic E-state index is -5.71. The molecule has 0 amide bonds. The van der Waals surface area contributed by atoms with Crippen molar-refractivity contribution in [2.75, 3.05) is 7.11 Å². The molecule has 0 saturated carbocycles. The van der Waals surface area contributed by atoms with Gasteiger partial charge in [-0.1, -0.05) is 23.3 Å². The highest BCUT2D eigenvalue weighted by Crippen LogP contribution is 2.51. The lowest BCUT2D eigenvalue weighted by atomic mass is 9.73. The topological polar surface area (TPSA) is 67.2 Å². The molecule has 8 heteroatoms. The number of ether oxygens (including phenoxy) is 1. The van der Waals surface area contributed by atoms with Crippen LogP contribution in [0, 0.1) is 11.3 Å². The number of alkyl halides is 3. The molecular weight excluding hydrogens is 355 g/mol. The van der Waals surface area contributed by atoms with Gasteiger partial charge in [-0.15, -0.1) is 0 Å². The minimum Gasteiger partial charge on any atom is -0.497 e. The number of nitrogens with zero attached hydrogens (tertiary/aromatic N) is 1. The number of methoxy groups -OCH3 is 1. The maximum atomic E-state index is 13.3. The van der Waals surface area contributed by atoms with Crippen LogP contribution >= 0.6 is 0 Å². The van der Waals surface area contributed by atoms with E-state index < -0.39 is 32.4 Å². The molecule has 0 unspecified atom stereocenters. The Morgan fingerprint density at radius 3 is 2.20 bits per heavy atom. The Hall–Kier alpha value is -2.01. The lowest BCUT2D eigenvalue weighted by Crippen LogP contribution is -2.51. The lowest BCUT2D eigenvalue weighted by Gasteiger charge is -2.39. The van der Waals surface area contributed by atoms with Crippen molar-refractivity contribution in [3.63, 3.8) is 0 Å². The molecule has 0 fully saturated rings. The number of nitriles is 1. The molecule has 2 rings (SSSR count). The van der Waals surface area contributed by atoms with Crippen molar-refractivity contribution in [1.82, 2.24) is 0 Å². The molecule has 0 saturated heterocycles. The van der Waals surface area contributed by atoms with E-state index in [1.54, 1.807) is 13.8 Å². The normalized spacial score (nSPS) is 24.8. The second-order valence-electron chi connectivity index (χ2n) is 6.22. The van der Waals surface area contributed by atoms with E-state index in [-0.39, 0.29) is 6.42 Å². The molecular formula is C17H18F3NO3S. The molecule has 1 aromatic carbocycles. The molecule has 1 aromatic rings. The van der Waals surface area contributed by atoms with Crippen LogP contribution in [0.4, 0.5) is 13.2 Å². The summed E-state index contributed by atoms with van der Waals surface area (Å²) in [5, 5.41) is 9.60. The van der Waals surface area contributed by atoms with Crippen LogP contribution in [-0.2, 0) is 9.84 Å². The van der Waals surface area contributed by atoms with Gasteiger partial charge in [-0.3, -0.25) is 0 Å². The predicted molar refractivity (Wildman–Crippen MR) is 86.7 cm³/mol. The molecule has 4 nitrogen and oxygen atoms in total. The van der Waals surface area contributed by atoms with Gasteiger partial charge in [0.1, 0.15) is 5.75 Å². The average molecular weight is 373 g/mol. The van der Waals surface area contributed by atoms with E-state index in [1.807, 2.05) is 0 Å². The summed E-state index contributed by atoms with van der Waals surface area (Å²) in [7, 11) is -4.26. The molecule has 0 aliphatic heterocycles. The minimum absolute atomic E-state index is 0.0705. The number of hydrogen-bond acceptors (Lipinski definition) is 4. The highest BCUT2D eigenvalue weighted by Gasteiger charge is 2.64. The van der Waals surface area contributed by atoms with E-state index in [4.69, 9.17) is 4.74 Å². The molecule has 0 spiro atoms. The SMILES string of the molecule is COc1ccc([C@H]2CC(C)=C(C)C[C@]2(C#N)S(=O)(=O)C(F)(F)F)cc1. The van der Waals surface area contributed by atoms with E-state index in [0.29, 0.717) is 16.9 Å². The Morgan fingerprint density at radius 1 is 1.20 bits per heavy atom. The Bertz CT molecular complexity index is 835. The van der Waals surface area contributed by atoms with Gasteiger partial charge in [0.25, 0.3) is 9.84 Å². The van der Waals surface area contributed by atoms with Crippen LogP contribution in [0.3, 0.4) is 0 Å². The fourth-order valence-electron chi connectivity index (χ4n) is 3.20. The van der Waals surface area contributed by atoms with Gasteiger partial charge in [0.2, 0.25) is 0 Å². The molecule has 0 N–H and O–H groups in total. The van der Waals surface area contributed by atoms with Gasteiger partial charge < -0.3 is 4.74 Å². The largest absolute Gasteiger partial charge is 0.499 e. The van der Waals surface area contributed by atoms with E-state index in [2.05, 4.69) is 0 Å². The third-order valence-corrected chi connectivity index (χ3v) is 6.91. The van der Waals surface area contributed by atoms with Crippen molar-refractivity contribution in [3.8, 4) is 11.8 Å². The highest BCUT2D eigenvalue weighted by molar-refractivity contribution is 7.94. The molecule has 1 aliphatic carbocycles. The standard InChI is InChI=1S/C17H18F3NO3S/c1-11-8-15(13-4-6-14(24-3)7-5-13)16(10-21,9-12(11)2)25(22,23)17(18,19)20/h4-7,15H,8-9H2,1-3H3/t15-,16-/m1/s1. The summed E-state index contributed by atoms with van der Waals surface area (Å²) < 4.78 is 67.0. The molecule has 0 bridgehead atoms. The summed E-state index contributed by atoms with van der Waals surface area (Å²) in [5.41, 5.74) is -3.84. The van der Waals surface area contributed by atoms with Gasteiger partial charge in [-0.2, -0.15) is 18.4 Å². The van der Waals surface area contributed by atoms with Gasteiger partial charge in [-0.25, -0.2) is 8.42 Å². The maximum absolute atomic E-state index is 13.3. The van der Waals surface area contributed by atoms with Crippen molar-refractivity contribution in [2.24, 2.45) is 0 Å². The number of hydrogen-bond donors (Lipinski definition) is 0. The third kappa shape index (κ3) is 3.01. The van der Waals surface area contributed by atoms with Crippen LogP contribution in [-0.4, -0.2) is 25.8 Å². The molecule has 2 atom stereocenters. The second kappa shape index (κ2) is 6.37. The summed E-state index contributed by atoms with van der Waals surface area (Å²) in [6.45, 7) is 3.31. The van der Waals surface area contributed by atoms with Gasteiger partial charge >= 0.3 is 5.51 Å². The number of sulfone groups is 1. The van der Waals surface area contributed by atoms with Gasteiger partial charge in [0.05, 0.1) is 13.2 Å². The van der Waals surface area contributed by atoms with Gasteiger partial charge in [-0.05, 0) is 38.0 Å². The van der Waals surface area contributed by atoms with Crippen LogP contribution in [0.15, 0.2) is 35.4 Å². The summed E-state index contributed by atoms with van der Waals surface area (Å²) in [6, 6.07) is 7.62. The second-order valence-corrected chi connectivity index (χ2v) is 8.42. The summed E-state index contributed by atoms with van der Waals surface area (Å²) in [4.78, 5) is 0. The van der Waals surface area contributed by atoms with Gasteiger partial charge in [0, 0.05) is 12.3 Å². The van der Waals surface area contributed by atoms with E-state index in [9.17, 15) is 26.9 Å². The smallest absolute Gasteiger partial charge is 0.497 e. The zero-order valence-corrected chi connectivity index (χ0v) is 14.8. The first-order valence-corrected chi connectivity index (χ1v) is 9.00. The molecule has 25 heavy (non-hydrogen) atoms. The number of allylic oxidation sites excluding steroid dienone is 2. The first-order valence-electron chi connectivity index (χ1n) is 7.51. The van der Waals surface area contributed by atoms with Crippen LogP contribution in [0.25, 0.3) is 0 Å². The first-order chi connectivity index (χ1) is 11.5. The zero-order valence-electron chi connectivity index (χ0n) is 14.0. The summed E-state index contributed by atoms with van der Waals surface area (Å²) >= 11 is 0. The fraction of sp³-hybridized carbons (Fsp3) is 0.471. The van der Waals surface area contributed by atoms with Crippen molar-refractivity contribution in [1.29, 1.82) is 5.26 Å². The maximum Gasteiger partial charge on any atom is 0.499 e. The summed E-state index contributed by atoms with van der Waals surface area (Å²) in [6.07, 6.45) is -0.394. The monoisotopic (exact) mass is 373 g/mol. The molecule has 1 aliphatic rings. The van der Waals surface area contributed by atoms with Crippen LogP contribution < -0.4 is 4.74 Å². The van der Waals surface area contributed by atoms with Crippen LogP contribution in [0.1, 0.15) is 38.2 Å². The Labute approximate surface area is 144 Å². The zero-order chi connectivity index (χ0) is 19.0. The van der Waals surface area contributed by atoms with Gasteiger partial charge in [0.15, 0.2) is 4.75 Å². The van der Waals surface area contributed by atoms with Crippen molar-refractivity contribution in [3.05, 3.63) is 41.0 Å². The Kier molecular flexibility index (Phi) is 4.92. The number of benzene rings is 1. The predicted octanol–water partition coefficient (Wildman–Crippen LogP) is 4.11. The fourth-order valence-corrected chi connectivity index (χ4v) is 4.74. The highest BCUT2D eigenvalue weighted by atomic mass is 32.2. The number of rotatable bonds is 3. The average Bonchev–Trinajstić information content (AvgIpc) is 2.55. The van der Waals surface area contributed by atoms with E-state index in [1.165, 1.54) is 37.4 Å². The lowest BCUT2D eigenvalue weighted by molar-refractivity contribution is -0.0457. The Balaban J connectivity index is 2.71. The quantitative estimate of drug-likeness (QED) is 0.748. The van der Waals surface area contributed by atoms with E-state index >= 15 is 0 Å². The Morgan fingerprint density at radius 2 is 1.76 bits per heavy atom. The molecule has 136 valence electrons. The van der Waals surface area contributed by atoms with Crippen LogP contribution in [0.2, 0.25) is 0 Å². The summed E-state index contributed by atoms with van der Waals surface area (Å²) in [5.74, 6) is -0.622. The van der Waals surface area contributed by atoms with E-state index in [0.717, 1.165) is 5.57 Å². The molecule has 0 heterocycles. The van der Waals surface area contributed by atoms with Crippen molar-refractivity contribution >= 4 is 9.84 Å². The third-order valence-electron chi connectivity index (χ3n) is 4.82.